The number of aliphatic hydroxyl groups is 4. The molecule has 20 heteroatoms. The molecule has 0 aliphatic heterocycles. The fourth-order valence-corrected chi connectivity index (χ4v) is 9.77. The number of rotatable bonds is 40. The van der Waals surface area contributed by atoms with Crippen molar-refractivity contribution < 1.29 is 81.7 Å². The lowest BCUT2D eigenvalue weighted by atomic mass is 9.85. The Morgan fingerprint density at radius 1 is 0.540 bits per heavy atom. The fraction of sp³-hybridized carbons (Fsp3) is 0.930. The molecule has 4 unspecified atom stereocenters. The van der Waals surface area contributed by atoms with E-state index < -0.39 is 83.3 Å². The molecule has 1 aliphatic rings. The highest BCUT2D eigenvalue weighted by atomic mass is 32.2. The van der Waals surface area contributed by atoms with Crippen molar-refractivity contribution in [3.63, 3.8) is 0 Å². The summed E-state index contributed by atoms with van der Waals surface area (Å²) < 4.78 is 49.3. The highest BCUT2D eigenvalue weighted by Crippen LogP contribution is 2.49. The molecule has 0 bridgehead atoms. The summed E-state index contributed by atoms with van der Waals surface area (Å²) in [5.41, 5.74) is 0. The largest absolute Gasteiger partial charge is 0.472 e. The molecule has 1 fully saturated rings. The van der Waals surface area contributed by atoms with E-state index in [1.807, 2.05) is 6.92 Å². The Morgan fingerprint density at radius 3 is 1.49 bits per heavy atom. The first-order chi connectivity index (χ1) is 30.0. The molecule has 0 saturated heterocycles. The fourth-order valence-electron chi connectivity index (χ4n) is 7.31. The Bertz CT molecular complexity index is 1310. The Labute approximate surface area is 380 Å². The number of hydrogen-bond acceptors (Lipinski definition) is 15. The lowest BCUT2D eigenvalue weighted by molar-refractivity contribution is -0.216. The minimum Gasteiger partial charge on any atom is -0.466 e. The van der Waals surface area contributed by atoms with E-state index in [1.54, 1.807) is 0 Å². The number of aliphatic hydroxyl groups excluding tert-OH is 4. The number of hydrogen-bond donors (Lipinski definition) is 7. The molecule has 1 saturated carbocycles. The van der Waals surface area contributed by atoms with E-state index in [1.165, 1.54) is 82.4 Å². The van der Waals surface area contributed by atoms with Gasteiger partial charge in [-0.05, 0) is 25.7 Å². The second kappa shape index (κ2) is 36.1. The average Bonchev–Trinajstić information content (AvgIpc) is 3.22. The van der Waals surface area contributed by atoms with Crippen LogP contribution in [0.15, 0.2) is 0 Å². The molecule has 17 nitrogen and oxygen atoms in total. The Balaban J connectivity index is 2.56. The molecular formula is C43H82O17P2S. The zero-order valence-corrected chi connectivity index (χ0v) is 40.6. The van der Waals surface area contributed by atoms with Crippen LogP contribution in [0.5, 0.6) is 0 Å². The maximum absolute atomic E-state index is 13.0. The Morgan fingerprint density at radius 2 is 1.00 bits per heavy atom. The quantitative estimate of drug-likeness (QED) is 0.0174. The van der Waals surface area contributed by atoms with Crippen molar-refractivity contribution in [2.75, 3.05) is 19.0 Å². The van der Waals surface area contributed by atoms with Crippen molar-refractivity contribution in [3.8, 4) is 0 Å². The van der Waals surface area contributed by atoms with Gasteiger partial charge in [-0.2, -0.15) is 0 Å². The van der Waals surface area contributed by atoms with Crippen LogP contribution in [0.1, 0.15) is 194 Å². The molecule has 0 aromatic rings. The van der Waals surface area contributed by atoms with E-state index >= 15 is 0 Å². The van der Waals surface area contributed by atoms with Crippen LogP contribution in [-0.4, -0.2) is 114 Å². The summed E-state index contributed by atoms with van der Waals surface area (Å²) in [6, 6.07) is 0. The van der Waals surface area contributed by atoms with Gasteiger partial charge in [-0.15, -0.1) is 0 Å². The molecule has 0 aromatic heterocycles. The van der Waals surface area contributed by atoms with Crippen LogP contribution in [-0.2, 0) is 46.6 Å². The SMILES string of the molecule is CCCCCCCCCCCCCCCC(=O)O[C@@H](COP(=O)(O)OC1C(O)[C@H](O)C(O)[C@H](OP(=O)(O)O)[C@@H]1O)CC(=O)OCCCCCCCCCCCCCSC(=O)CCC. The van der Waals surface area contributed by atoms with Crippen LogP contribution >= 0.6 is 27.4 Å². The van der Waals surface area contributed by atoms with Crippen LogP contribution in [0, 0.1) is 0 Å². The zero-order chi connectivity index (χ0) is 46.9. The van der Waals surface area contributed by atoms with Gasteiger partial charge in [-0.1, -0.05) is 160 Å². The standard InChI is InChI=1S/C43H82O17P2S/c1-3-5-6-7-8-9-10-11-13-16-19-22-25-29-35(44)58-34(33-57-62(54,55)60-43-40(49)38(47)39(48)42(41(43)50)59-61(51,52)53)32-36(45)56-30-26-23-20-17-14-12-15-18-21-24-27-31-63-37(46)28-4-2/h34,38-43,47-50H,3-33H2,1-2H3,(H,54,55)(H2,51,52,53)/t34-,38-,39?,40?,41+,42+,43?/m1/s1. The van der Waals surface area contributed by atoms with Gasteiger partial charge < -0.3 is 44.6 Å². The number of ether oxygens (including phenoxy) is 2. The van der Waals surface area contributed by atoms with E-state index in [0.717, 1.165) is 82.8 Å². The van der Waals surface area contributed by atoms with Gasteiger partial charge in [-0.25, -0.2) is 9.13 Å². The molecule has 1 aliphatic carbocycles. The highest BCUT2D eigenvalue weighted by molar-refractivity contribution is 8.13. The van der Waals surface area contributed by atoms with Gasteiger partial charge in [0.15, 0.2) is 5.12 Å². The van der Waals surface area contributed by atoms with Crippen LogP contribution in [0.2, 0.25) is 0 Å². The van der Waals surface area contributed by atoms with Gasteiger partial charge in [0.25, 0.3) is 0 Å². The van der Waals surface area contributed by atoms with Crippen molar-refractivity contribution >= 4 is 44.5 Å². The predicted molar refractivity (Wildman–Crippen MR) is 241 cm³/mol. The van der Waals surface area contributed by atoms with Gasteiger partial charge in [0.2, 0.25) is 0 Å². The lowest BCUT2D eigenvalue weighted by Gasteiger charge is -2.43. The number of thioether (sulfide) groups is 1. The molecule has 7 N–H and O–H groups in total. The summed E-state index contributed by atoms with van der Waals surface area (Å²) in [4.78, 5) is 66.0. The summed E-state index contributed by atoms with van der Waals surface area (Å²) in [7, 11) is -10.7. The van der Waals surface area contributed by atoms with Crippen molar-refractivity contribution in [2.24, 2.45) is 0 Å². The van der Waals surface area contributed by atoms with Crippen LogP contribution < -0.4 is 0 Å². The first kappa shape index (κ1) is 60.0. The number of esters is 2. The van der Waals surface area contributed by atoms with Gasteiger partial charge in [0, 0.05) is 18.6 Å². The molecular weight excluding hydrogens is 882 g/mol. The molecule has 8 atom stereocenters. The number of phosphoric ester groups is 2. The highest BCUT2D eigenvalue weighted by Gasteiger charge is 2.54. The van der Waals surface area contributed by atoms with Crippen molar-refractivity contribution in [3.05, 3.63) is 0 Å². The van der Waals surface area contributed by atoms with Crippen LogP contribution in [0.4, 0.5) is 0 Å². The van der Waals surface area contributed by atoms with E-state index in [9.17, 15) is 48.8 Å². The average molecular weight is 965 g/mol. The first-order valence-corrected chi connectivity index (χ1v) is 27.6. The molecule has 0 aromatic carbocycles. The molecule has 0 radical (unpaired) electrons. The summed E-state index contributed by atoms with van der Waals surface area (Å²) in [6.45, 7) is 3.48. The summed E-state index contributed by atoms with van der Waals surface area (Å²) >= 11 is 1.45. The number of carbonyl (C=O) groups is 3. The summed E-state index contributed by atoms with van der Waals surface area (Å²) in [5, 5.41) is 41.5. The van der Waals surface area contributed by atoms with Crippen LogP contribution in [0.25, 0.3) is 0 Å². The first-order valence-electron chi connectivity index (χ1n) is 23.6. The molecule has 63 heavy (non-hydrogen) atoms. The monoisotopic (exact) mass is 964 g/mol. The van der Waals surface area contributed by atoms with Crippen molar-refractivity contribution in [1.29, 1.82) is 0 Å². The Kier molecular flexibility index (Phi) is 34.4. The minimum absolute atomic E-state index is 0.0276. The Hall–Kier alpha value is -0.980. The predicted octanol–water partition coefficient (Wildman–Crippen LogP) is 8.10. The van der Waals surface area contributed by atoms with E-state index in [4.69, 9.17) is 28.3 Å². The van der Waals surface area contributed by atoms with E-state index in [0.29, 0.717) is 19.3 Å². The van der Waals surface area contributed by atoms with Crippen molar-refractivity contribution in [1.82, 2.24) is 0 Å². The maximum atomic E-state index is 13.0. The van der Waals surface area contributed by atoms with E-state index in [2.05, 4.69) is 11.4 Å². The third-order valence-corrected chi connectivity index (χ3v) is 13.5. The molecule has 1 rings (SSSR count). The van der Waals surface area contributed by atoms with Gasteiger partial charge in [-0.3, -0.25) is 28.0 Å². The number of phosphoric acid groups is 2. The van der Waals surface area contributed by atoms with Crippen LogP contribution in [0.3, 0.4) is 0 Å². The second-order valence-corrected chi connectivity index (χ2v) is 20.5. The van der Waals surface area contributed by atoms with Gasteiger partial charge >= 0.3 is 27.6 Å². The lowest BCUT2D eigenvalue weighted by Crippen LogP contribution is -2.64. The molecule has 372 valence electrons. The summed E-state index contributed by atoms with van der Waals surface area (Å²) in [6.07, 6.45) is 12.2. The number of carbonyl (C=O) groups excluding carboxylic acids is 3. The third kappa shape index (κ3) is 30.8. The third-order valence-electron chi connectivity index (χ3n) is 10.9. The normalized spacial score (nSPS) is 21.8. The van der Waals surface area contributed by atoms with Gasteiger partial charge in [0.05, 0.1) is 19.6 Å². The summed E-state index contributed by atoms with van der Waals surface area (Å²) in [5.74, 6) is -0.509. The maximum Gasteiger partial charge on any atom is 0.472 e. The van der Waals surface area contributed by atoms with Gasteiger partial charge in [0.1, 0.15) is 42.7 Å². The van der Waals surface area contributed by atoms with E-state index in [-0.39, 0.29) is 18.1 Å². The second-order valence-electron chi connectivity index (χ2n) is 16.7. The topological polar surface area (TPSA) is 273 Å². The zero-order valence-electron chi connectivity index (χ0n) is 38.0. The molecule has 0 heterocycles. The molecule has 0 spiro atoms. The molecule has 0 amide bonds. The smallest absolute Gasteiger partial charge is 0.466 e. The minimum atomic E-state index is -5.37. The van der Waals surface area contributed by atoms with Crippen molar-refractivity contribution in [2.45, 2.75) is 236 Å². The number of unbranched alkanes of at least 4 members (excludes halogenated alkanes) is 22.